The van der Waals surface area contributed by atoms with Gasteiger partial charge in [-0.3, -0.25) is 4.79 Å². The van der Waals surface area contributed by atoms with Crippen LogP contribution in [0, 0.1) is 0 Å². The summed E-state index contributed by atoms with van der Waals surface area (Å²) >= 11 is 2.86. The fourth-order valence-electron chi connectivity index (χ4n) is 1.01. The molecule has 4 nitrogen and oxygen atoms in total. The molecule has 1 heterocycles. The Morgan fingerprint density at radius 1 is 1.64 bits per heavy atom. The van der Waals surface area contributed by atoms with Crippen LogP contribution in [0.4, 0.5) is 0 Å². The van der Waals surface area contributed by atoms with E-state index in [-0.39, 0.29) is 6.42 Å². The Bertz CT molecular complexity index is 336. The molecule has 0 aromatic carbocycles. The molecule has 1 aromatic heterocycles. The summed E-state index contributed by atoms with van der Waals surface area (Å²) in [6.07, 6.45) is 2.59. The fourth-order valence-corrected chi connectivity index (χ4v) is 2.69. The van der Waals surface area contributed by atoms with Gasteiger partial charge < -0.3 is 5.11 Å². The zero-order valence-corrected chi connectivity index (χ0v) is 9.11. The van der Waals surface area contributed by atoms with Crippen molar-refractivity contribution in [1.82, 2.24) is 9.36 Å². The molecule has 0 spiro atoms. The zero-order chi connectivity index (χ0) is 9.97. The molecule has 1 N–H and O–H groups in total. The number of aliphatic carboxylic acids is 1. The highest BCUT2D eigenvalue weighted by Crippen LogP contribution is 2.39. The second-order valence-corrected chi connectivity index (χ2v) is 5.28. The Kier molecular flexibility index (Phi) is 3.02. The van der Waals surface area contributed by atoms with E-state index in [1.807, 2.05) is 0 Å². The van der Waals surface area contributed by atoms with Gasteiger partial charge in [0.25, 0.3) is 0 Å². The van der Waals surface area contributed by atoms with Crippen molar-refractivity contribution < 1.29 is 9.90 Å². The van der Waals surface area contributed by atoms with Gasteiger partial charge in [-0.1, -0.05) is 11.8 Å². The first-order valence-electron chi connectivity index (χ1n) is 4.44. The molecule has 0 aliphatic heterocycles. The van der Waals surface area contributed by atoms with Crippen molar-refractivity contribution in [2.24, 2.45) is 0 Å². The lowest BCUT2D eigenvalue weighted by Gasteiger charge is -1.91. The van der Waals surface area contributed by atoms with Gasteiger partial charge in [0.05, 0.1) is 6.42 Å². The zero-order valence-electron chi connectivity index (χ0n) is 7.47. The molecular weight excluding hydrogens is 220 g/mol. The van der Waals surface area contributed by atoms with Gasteiger partial charge in [0, 0.05) is 11.7 Å². The van der Waals surface area contributed by atoms with Gasteiger partial charge in [-0.15, -0.1) is 0 Å². The summed E-state index contributed by atoms with van der Waals surface area (Å²) < 4.78 is 5.13. The van der Waals surface area contributed by atoms with Crippen molar-refractivity contribution >= 4 is 29.3 Å². The minimum atomic E-state index is -0.760. The van der Waals surface area contributed by atoms with Crippen LogP contribution in [0.3, 0.4) is 0 Å². The normalized spacial score (nSPS) is 15.7. The molecule has 0 atom stereocenters. The monoisotopic (exact) mass is 230 g/mol. The highest BCUT2D eigenvalue weighted by atomic mass is 32.2. The third kappa shape index (κ3) is 2.68. The van der Waals surface area contributed by atoms with Crippen molar-refractivity contribution in [1.29, 1.82) is 0 Å². The van der Waals surface area contributed by atoms with Gasteiger partial charge in [-0.2, -0.15) is 4.37 Å². The smallest absolute Gasteiger partial charge is 0.304 e. The van der Waals surface area contributed by atoms with Gasteiger partial charge >= 0.3 is 5.97 Å². The molecule has 0 unspecified atom stereocenters. The van der Waals surface area contributed by atoms with E-state index in [0.29, 0.717) is 11.7 Å². The first-order chi connectivity index (χ1) is 6.75. The van der Waals surface area contributed by atoms with Gasteiger partial charge in [0.2, 0.25) is 0 Å². The molecule has 2 rings (SSSR count). The number of carbonyl (C=O) groups is 1. The number of aromatic nitrogens is 2. The van der Waals surface area contributed by atoms with E-state index >= 15 is 0 Å². The maximum Gasteiger partial charge on any atom is 0.304 e. The predicted molar refractivity (Wildman–Crippen MR) is 54.9 cm³/mol. The summed E-state index contributed by atoms with van der Waals surface area (Å²) in [5, 5.41) is 8.45. The SMILES string of the molecule is O=C(O)CCSc1nc(C2CC2)ns1. The Labute approximate surface area is 89.9 Å². The Hall–Kier alpha value is -0.620. The van der Waals surface area contributed by atoms with Crippen LogP contribution in [-0.4, -0.2) is 26.2 Å². The van der Waals surface area contributed by atoms with E-state index in [1.54, 1.807) is 0 Å². The third-order valence-corrected chi connectivity index (χ3v) is 3.76. The topological polar surface area (TPSA) is 63.1 Å². The number of nitrogens with zero attached hydrogens (tertiary/aromatic N) is 2. The lowest BCUT2D eigenvalue weighted by molar-refractivity contribution is -0.136. The van der Waals surface area contributed by atoms with E-state index < -0.39 is 5.97 Å². The fraction of sp³-hybridized carbons (Fsp3) is 0.625. The maximum absolute atomic E-state index is 10.3. The predicted octanol–water partition coefficient (Wildman–Crippen LogP) is 1.98. The van der Waals surface area contributed by atoms with Crippen molar-refractivity contribution in [3.05, 3.63) is 5.82 Å². The number of carboxylic acid groups (broad SMARTS) is 1. The average molecular weight is 230 g/mol. The molecule has 76 valence electrons. The molecule has 6 heteroatoms. The van der Waals surface area contributed by atoms with E-state index in [1.165, 1.54) is 36.1 Å². The van der Waals surface area contributed by atoms with E-state index in [4.69, 9.17) is 5.11 Å². The second-order valence-electron chi connectivity index (χ2n) is 3.18. The van der Waals surface area contributed by atoms with Crippen LogP contribution in [0.2, 0.25) is 0 Å². The molecule has 1 aliphatic carbocycles. The van der Waals surface area contributed by atoms with Gasteiger partial charge in [-0.25, -0.2) is 4.98 Å². The quantitative estimate of drug-likeness (QED) is 0.784. The number of thioether (sulfide) groups is 1. The first-order valence-corrected chi connectivity index (χ1v) is 6.20. The van der Waals surface area contributed by atoms with Crippen molar-refractivity contribution in [3.63, 3.8) is 0 Å². The minimum Gasteiger partial charge on any atom is -0.481 e. The molecule has 1 saturated carbocycles. The van der Waals surface area contributed by atoms with E-state index in [2.05, 4.69) is 9.36 Å². The van der Waals surface area contributed by atoms with Crippen molar-refractivity contribution in [2.75, 3.05) is 5.75 Å². The lowest BCUT2D eigenvalue weighted by Crippen LogP contribution is -1.95. The highest BCUT2D eigenvalue weighted by Gasteiger charge is 2.27. The molecule has 0 saturated heterocycles. The van der Waals surface area contributed by atoms with Crippen LogP contribution in [0.25, 0.3) is 0 Å². The number of carboxylic acids is 1. The second kappa shape index (κ2) is 4.27. The summed E-state index contributed by atoms with van der Waals surface area (Å²) in [5.41, 5.74) is 0. The van der Waals surface area contributed by atoms with E-state index in [9.17, 15) is 4.79 Å². The van der Waals surface area contributed by atoms with Gasteiger partial charge in [0.15, 0.2) is 4.34 Å². The molecule has 1 aliphatic rings. The standard InChI is InChI=1S/C8H10N2O2S2/c11-6(12)3-4-13-8-9-7(10-14-8)5-1-2-5/h5H,1-4H2,(H,11,12). The molecule has 0 radical (unpaired) electrons. The van der Waals surface area contributed by atoms with E-state index in [0.717, 1.165) is 10.2 Å². The number of rotatable bonds is 5. The Morgan fingerprint density at radius 2 is 2.43 bits per heavy atom. The van der Waals surface area contributed by atoms with Crippen molar-refractivity contribution in [3.8, 4) is 0 Å². The number of hydrogen-bond acceptors (Lipinski definition) is 5. The lowest BCUT2D eigenvalue weighted by atomic mass is 10.4. The van der Waals surface area contributed by atoms with Crippen LogP contribution in [0.1, 0.15) is 31.0 Å². The molecule has 0 bridgehead atoms. The van der Waals surface area contributed by atoms with Gasteiger partial charge in [-0.05, 0) is 24.4 Å². The Morgan fingerprint density at radius 3 is 3.07 bits per heavy atom. The summed E-state index contributed by atoms with van der Waals surface area (Å²) in [7, 11) is 0. The third-order valence-electron chi connectivity index (χ3n) is 1.91. The molecular formula is C8H10N2O2S2. The van der Waals surface area contributed by atoms with Crippen molar-refractivity contribution in [2.45, 2.75) is 29.5 Å². The van der Waals surface area contributed by atoms with Crippen LogP contribution in [0.15, 0.2) is 4.34 Å². The van der Waals surface area contributed by atoms with Gasteiger partial charge in [0.1, 0.15) is 5.82 Å². The summed E-state index contributed by atoms with van der Waals surface area (Å²) in [6, 6.07) is 0. The summed E-state index contributed by atoms with van der Waals surface area (Å²) in [4.78, 5) is 14.6. The molecule has 1 aromatic rings. The first kappa shape index (κ1) is 9.92. The van der Waals surface area contributed by atoms with Crippen LogP contribution in [-0.2, 0) is 4.79 Å². The van der Waals surface area contributed by atoms with Crippen LogP contribution < -0.4 is 0 Å². The van der Waals surface area contributed by atoms with Crippen LogP contribution >= 0.6 is 23.3 Å². The molecule has 14 heavy (non-hydrogen) atoms. The van der Waals surface area contributed by atoms with Crippen LogP contribution in [0.5, 0.6) is 0 Å². The highest BCUT2D eigenvalue weighted by molar-refractivity contribution is 8.00. The summed E-state index contributed by atoms with van der Waals surface area (Å²) in [6.45, 7) is 0. The number of hydrogen-bond donors (Lipinski definition) is 1. The maximum atomic E-state index is 10.3. The molecule has 1 fully saturated rings. The summed E-state index contributed by atoms with van der Waals surface area (Å²) in [5.74, 6) is 1.35. The average Bonchev–Trinajstić information content (AvgIpc) is 2.87. The minimum absolute atomic E-state index is 0.184. The molecule has 0 amide bonds. The largest absolute Gasteiger partial charge is 0.481 e. The Balaban J connectivity index is 1.80.